The summed E-state index contributed by atoms with van der Waals surface area (Å²) < 4.78 is 5.52. The predicted octanol–water partition coefficient (Wildman–Crippen LogP) is 2.56. The third kappa shape index (κ3) is 2.95. The number of hydrogen-bond donors (Lipinski definition) is 2. The van der Waals surface area contributed by atoms with Crippen LogP contribution in [0.3, 0.4) is 0 Å². The van der Waals surface area contributed by atoms with Gasteiger partial charge < -0.3 is 20.7 Å². The number of rotatable bonds is 6. The highest BCUT2D eigenvalue weighted by molar-refractivity contribution is 5.61. The van der Waals surface area contributed by atoms with Gasteiger partial charge in [-0.3, -0.25) is 0 Å². The van der Waals surface area contributed by atoms with E-state index in [1.54, 1.807) is 0 Å². The topological polar surface area (TPSA) is 50.5 Å². The highest BCUT2D eigenvalue weighted by Gasteiger charge is 2.38. The Kier molecular flexibility index (Phi) is 4.20. The summed E-state index contributed by atoms with van der Waals surface area (Å²) in [7, 11) is 4.32. The van der Waals surface area contributed by atoms with Gasteiger partial charge in [-0.1, -0.05) is 0 Å². The largest absolute Gasteiger partial charge is 0.492 e. The summed E-state index contributed by atoms with van der Waals surface area (Å²) in [6.45, 7) is 3.57. The van der Waals surface area contributed by atoms with Crippen LogP contribution >= 0.6 is 0 Å². The average molecular weight is 263 g/mol. The Morgan fingerprint density at radius 1 is 1.37 bits per heavy atom. The maximum atomic E-state index is 5.88. The molecule has 4 nitrogen and oxygen atoms in total. The molecule has 1 aliphatic carbocycles. The minimum Gasteiger partial charge on any atom is -0.492 e. The lowest BCUT2D eigenvalue weighted by molar-refractivity contribution is 0.0739. The summed E-state index contributed by atoms with van der Waals surface area (Å²) in [4.78, 5) is 2.34. The van der Waals surface area contributed by atoms with Crippen molar-refractivity contribution in [2.24, 2.45) is 0 Å². The summed E-state index contributed by atoms with van der Waals surface area (Å²) in [6, 6.07) is 5.90. The minimum atomic E-state index is 0.313. The van der Waals surface area contributed by atoms with Crippen molar-refractivity contribution in [3.8, 4) is 5.75 Å². The SMILES string of the molecule is CCOc1cc(NCC2(N(C)C)CCC2)ccc1N. The van der Waals surface area contributed by atoms with Crippen LogP contribution in [0.4, 0.5) is 11.4 Å². The van der Waals surface area contributed by atoms with Gasteiger partial charge >= 0.3 is 0 Å². The van der Waals surface area contributed by atoms with E-state index in [4.69, 9.17) is 10.5 Å². The molecule has 4 heteroatoms. The second-order valence-electron chi connectivity index (χ2n) is 5.51. The molecule has 0 amide bonds. The van der Waals surface area contributed by atoms with Gasteiger partial charge in [-0.15, -0.1) is 0 Å². The molecule has 0 aromatic heterocycles. The van der Waals surface area contributed by atoms with E-state index in [1.807, 2.05) is 25.1 Å². The quantitative estimate of drug-likeness (QED) is 0.775. The maximum absolute atomic E-state index is 5.88. The smallest absolute Gasteiger partial charge is 0.144 e. The molecular weight excluding hydrogens is 238 g/mol. The molecule has 0 spiro atoms. The molecule has 3 N–H and O–H groups in total. The third-order valence-electron chi connectivity index (χ3n) is 4.17. The van der Waals surface area contributed by atoms with Crippen LogP contribution in [0, 0.1) is 0 Å². The Bertz CT molecular complexity index is 427. The van der Waals surface area contributed by atoms with Gasteiger partial charge in [-0.05, 0) is 52.4 Å². The maximum Gasteiger partial charge on any atom is 0.144 e. The second-order valence-corrected chi connectivity index (χ2v) is 5.51. The van der Waals surface area contributed by atoms with Gasteiger partial charge in [-0.25, -0.2) is 0 Å². The van der Waals surface area contributed by atoms with Crippen molar-refractivity contribution in [2.75, 3.05) is 38.3 Å². The van der Waals surface area contributed by atoms with Crippen LogP contribution in [0.25, 0.3) is 0 Å². The number of hydrogen-bond acceptors (Lipinski definition) is 4. The van der Waals surface area contributed by atoms with Crippen LogP contribution in [0.15, 0.2) is 18.2 Å². The Labute approximate surface area is 115 Å². The summed E-state index contributed by atoms with van der Waals surface area (Å²) in [5.41, 5.74) is 7.96. The molecule has 19 heavy (non-hydrogen) atoms. The van der Waals surface area contributed by atoms with Gasteiger partial charge in [0.2, 0.25) is 0 Å². The van der Waals surface area contributed by atoms with E-state index >= 15 is 0 Å². The normalized spacial score (nSPS) is 17.1. The summed E-state index contributed by atoms with van der Waals surface area (Å²) >= 11 is 0. The number of nitrogen functional groups attached to an aromatic ring is 1. The molecule has 1 saturated carbocycles. The number of anilines is 2. The number of likely N-dealkylation sites (N-methyl/N-ethyl adjacent to an activating group) is 1. The molecule has 0 atom stereocenters. The first kappa shape index (κ1) is 14.0. The molecule has 1 aromatic carbocycles. The van der Waals surface area contributed by atoms with Crippen LogP contribution < -0.4 is 15.8 Å². The fraction of sp³-hybridized carbons (Fsp3) is 0.600. The lowest BCUT2D eigenvalue weighted by Gasteiger charge is -2.47. The Hall–Kier alpha value is -1.42. The molecule has 0 saturated heterocycles. The van der Waals surface area contributed by atoms with Crippen molar-refractivity contribution in [1.82, 2.24) is 4.90 Å². The van der Waals surface area contributed by atoms with E-state index in [1.165, 1.54) is 19.3 Å². The molecule has 106 valence electrons. The Morgan fingerprint density at radius 3 is 2.63 bits per heavy atom. The molecule has 0 aliphatic heterocycles. The molecule has 0 unspecified atom stereocenters. The van der Waals surface area contributed by atoms with Gasteiger partial charge in [0.1, 0.15) is 5.75 Å². The van der Waals surface area contributed by atoms with Crippen molar-refractivity contribution in [3.05, 3.63) is 18.2 Å². The highest BCUT2D eigenvalue weighted by Crippen LogP contribution is 2.36. The van der Waals surface area contributed by atoms with Crippen molar-refractivity contribution >= 4 is 11.4 Å². The van der Waals surface area contributed by atoms with Crippen molar-refractivity contribution in [3.63, 3.8) is 0 Å². The van der Waals surface area contributed by atoms with E-state index in [0.717, 1.165) is 18.0 Å². The molecule has 0 heterocycles. The van der Waals surface area contributed by atoms with Gasteiger partial charge in [-0.2, -0.15) is 0 Å². The van der Waals surface area contributed by atoms with E-state index in [-0.39, 0.29) is 0 Å². The monoisotopic (exact) mass is 263 g/mol. The summed E-state index contributed by atoms with van der Waals surface area (Å²) in [5.74, 6) is 0.764. The number of nitrogens with two attached hydrogens (primary N) is 1. The van der Waals surface area contributed by atoms with Gasteiger partial charge in [0.15, 0.2) is 0 Å². The van der Waals surface area contributed by atoms with Gasteiger partial charge in [0.25, 0.3) is 0 Å². The van der Waals surface area contributed by atoms with Crippen LogP contribution in [-0.4, -0.2) is 37.7 Å². The number of benzene rings is 1. The highest BCUT2D eigenvalue weighted by atomic mass is 16.5. The van der Waals surface area contributed by atoms with E-state index in [0.29, 0.717) is 17.8 Å². The third-order valence-corrected chi connectivity index (χ3v) is 4.17. The lowest BCUT2D eigenvalue weighted by atomic mass is 9.75. The fourth-order valence-electron chi connectivity index (χ4n) is 2.56. The molecule has 2 rings (SSSR count). The van der Waals surface area contributed by atoms with Crippen LogP contribution in [0.2, 0.25) is 0 Å². The first-order valence-corrected chi connectivity index (χ1v) is 7.01. The standard InChI is InChI=1S/C15H25N3O/c1-4-19-14-10-12(6-7-13(14)16)17-11-15(18(2)3)8-5-9-15/h6-7,10,17H,4-5,8-9,11,16H2,1-3H3. The summed E-state index contributed by atoms with van der Waals surface area (Å²) in [5, 5.41) is 3.52. The van der Waals surface area contributed by atoms with Gasteiger partial charge in [0.05, 0.1) is 12.3 Å². The Morgan fingerprint density at radius 2 is 2.11 bits per heavy atom. The van der Waals surface area contributed by atoms with E-state index in [9.17, 15) is 0 Å². The number of ether oxygens (including phenoxy) is 1. The van der Waals surface area contributed by atoms with Crippen LogP contribution in [0.5, 0.6) is 5.75 Å². The second kappa shape index (κ2) is 5.70. The van der Waals surface area contributed by atoms with E-state index in [2.05, 4.69) is 24.3 Å². The molecular formula is C15H25N3O. The first-order chi connectivity index (χ1) is 9.07. The van der Waals surface area contributed by atoms with Crippen molar-refractivity contribution < 1.29 is 4.74 Å². The zero-order valence-electron chi connectivity index (χ0n) is 12.2. The number of nitrogens with zero attached hydrogens (tertiary/aromatic N) is 1. The van der Waals surface area contributed by atoms with Crippen molar-refractivity contribution in [1.29, 1.82) is 0 Å². The van der Waals surface area contributed by atoms with Gasteiger partial charge in [0, 0.05) is 23.8 Å². The summed E-state index contributed by atoms with van der Waals surface area (Å²) in [6.07, 6.45) is 3.85. The van der Waals surface area contributed by atoms with Crippen LogP contribution in [0.1, 0.15) is 26.2 Å². The zero-order valence-corrected chi connectivity index (χ0v) is 12.2. The molecule has 1 aromatic rings. The predicted molar refractivity (Wildman–Crippen MR) is 80.8 cm³/mol. The molecule has 0 radical (unpaired) electrons. The van der Waals surface area contributed by atoms with Crippen LogP contribution in [-0.2, 0) is 0 Å². The lowest BCUT2D eigenvalue weighted by Crippen LogP contribution is -2.54. The number of nitrogens with one attached hydrogen (secondary N) is 1. The Balaban J connectivity index is 2.01. The molecule has 0 bridgehead atoms. The zero-order chi connectivity index (χ0) is 13.9. The van der Waals surface area contributed by atoms with E-state index < -0.39 is 0 Å². The fourth-order valence-corrected chi connectivity index (χ4v) is 2.56. The van der Waals surface area contributed by atoms with Crippen molar-refractivity contribution in [2.45, 2.75) is 31.7 Å². The minimum absolute atomic E-state index is 0.313. The molecule has 1 fully saturated rings. The average Bonchev–Trinajstić information content (AvgIpc) is 2.31. The first-order valence-electron chi connectivity index (χ1n) is 7.01. The molecule has 1 aliphatic rings.